The highest BCUT2D eigenvalue weighted by Gasteiger charge is 2.30. The Morgan fingerprint density at radius 1 is 0.917 bits per heavy atom. The number of hydrogen-bond acceptors (Lipinski definition) is 9. The Balaban J connectivity index is 1.37. The van der Waals surface area contributed by atoms with Gasteiger partial charge in [-0.3, -0.25) is 24.5 Å². The molecule has 0 aliphatic rings. The summed E-state index contributed by atoms with van der Waals surface area (Å²) in [6, 6.07) is 22.1. The number of halogens is 1. The Morgan fingerprint density at radius 3 is 2.25 bits per heavy atom. The Bertz CT molecular complexity index is 1920. The van der Waals surface area contributed by atoms with Gasteiger partial charge in [0.2, 0.25) is 5.82 Å². The molecule has 0 saturated carbocycles. The van der Waals surface area contributed by atoms with Crippen LogP contribution < -0.4 is 16.0 Å². The van der Waals surface area contributed by atoms with E-state index in [1.807, 2.05) is 0 Å². The predicted octanol–water partition coefficient (Wildman–Crippen LogP) is 3.75. The van der Waals surface area contributed by atoms with E-state index in [2.05, 4.69) is 36.6 Å². The van der Waals surface area contributed by atoms with E-state index in [9.17, 15) is 34.0 Å². The van der Waals surface area contributed by atoms with Crippen molar-refractivity contribution in [1.82, 2.24) is 31.3 Å². The minimum Gasteiger partial charge on any atom is -0.381 e. The number of nitrogens with one attached hydrogen (secondary N) is 4. The number of aromatic nitrogens is 4. The number of carbonyl (C=O) groups is 3. The van der Waals surface area contributed by atoms with Crippen LogP contribution in [0.15, 0.2) is 97.1 Å². The molecule has 0 bridgehead atoms. The molecule has 48 heavy (non-hydrogen) atoms. The molecule has 0 aliphatic carbocycles. The molecule has 0 radical (unpaired) electrons. The van der Waals surface area contributed by atoms with Crippen molar-refractivity contribution in [2.45, 2.75) is 31.5 Å². The van der Waals surface area contributed by atoms with Crippen LogP contribution in [-0.4, -0.2) is 60.5 Å². The van der Waals surface area contributed by atoms with Crippen molar-refractivity contribution < 1.29 is 28.8 Å². The summed E-state index contributed by atoms with van der Waals surface area (Å²) in [5.74, 6) is -2.58. The Morgan fingerprint density at radius 2 is 1.60 bits per heavy atom. The van der Waals surface area contributed by atoms with E-state index in [1.165, 1.54) is 30.3 Å². The number of nitro benzene ring substituents is 1. The van der Waals surface area contributed by atoms with Gasteiger partial charge in [0, 0.05) is 34.5 Å². The fraction of sp³-hybridized carbons (Fsp3) is 0.152. The average Bonchev–Trinajstić information content (AvgIpc) is 3.64. The standard InChI is InChI=1S/C33H29FN8O6/c1-19(21-10-12-25(34)13-11-21)35-31(44)23-15-24(18-27(17-23)42(47)48)32(45)37-28(14-20-6-3-2-4-7-20)29(43)33(46)36-26-9-5-8-22(16-26)30-38-40-41-39-30/h2-13,15-19,28-29,43H,14H2,1H3,(H,35,44)(H,36,46)(H,37,45)(H,38,39,40,41)/t19-,28+,29+/m1/s1. The number of carbonyl (C=O) groups excluding carboxylic acids is 3. The number of non-ortho nitro benzene ring substituents is 1. The fourth-order valence-electron chi connectivity index (χ4n) is 4.87. The van der Waals surface area contributed by atoms with Gasteiger partial charge in [-0.15, -0.1) is 10.2 Å². The summed E-state index contributed by atoms with van der Waals surface area (Å²) in [5, 5.41) is 44.5. The lowest BCUT2D eigenvalue weighted by atomic mass is 9.99. The lowest BCUT2D eigenvalue weighted by Gasteiger charge is -2.24. The van der Waals surface area contributed by atoms with E-state index in [0.717, 1.165) is 12.1 Å². The molecule has 0 aliphatic heterocycles. The van der Waals surface area contributed by atoms with Gasteiger partial charge in [-0.25, -0.2) is 4.39 Å². The molecule has 1 aromatic heterocycles. The number of aliphatic hydroxyl groups excluding tert-OH is 1. The molecule has 5 aromatic rings. The zero-order valence-corrected chi connectivity index (χ0v) is 25.3. The number of aromatic amines is 1. The molecule has 0 spiro atoms. The van der Waals surface area contributed by atoms with E-state index in [-0.39, 0.29) is 23.4 Å². The molecule has 0 unspecified atom stereocenters. The van der Waals surface area contributed by atoms with Gasteiger partial charge in [0.15, 0.2) is 6.10 Å². The first-order chi connectivity index (χ1) is 23.1. The van der Waals surface area contributed by atoms with Crippen LogP contribution in [0.2, 0.25) is 0 Å². The smallest absolute Gasteiger partial charge is 0.271 e. The molecule has 4 aromatic carbocycles. The maximum atomic E-state index is 13.6. The van der Waals surface area contributed by atoms with Crippen LogP contribution in [-0.2, 0) is 11.2 Å². The largest absolute Gasteiger partial charge is 0.381 e. The van der Waals surface area contributed by atoms with Gasteiger partial charge in [-0.05, 0) is 60.0 Å². The topological polar surface area (TPSA) is 205 Å². The van der Waals surface area contributed by atoms with Crippen LogP contribution in [0.3, 0.4) is 0 Å². The third-order valence-corrected chi connectivity index (χ3v) is 7.37. The number of tetrazole rings is 1. The number of nitrogens with zero attached hydrogens (tertiary/aromatic N) is 4. The van der Waals surface area contributed by atoms with Crippen molar-refractivity contribution in [2.24, 2.45) is 0 Å². The lowest BCUT2D eigenvalue weighted by molar-refractivity contribution is -0.384. The van der Waals surface area contributed by atoms with Crippen molar-refractivity contribution in [2.75, 3.05) is 5.32 Å². The van der Waals surface area contributed by atoms with Gasteiger partial charge in [-0.1, -0.05) is 54.6 Å². The van der Waals surface area contributed by atoms with Crippen LogP contribution in [0.4, 0.5) is 15.8 Å². The molecule has 1 heterocycles. The van der Waals surface area contributed by atoms with E-state index in [4.69, 9.17) is 0 Å². The summed E-state index contributed by atoms with van der Waals surface area (Å²) in [7, 11) is 0. The first kappa shape index (κ1) is 33.0. The van der Waals surface area contributed by atoms with Gasteiger partial charge >= 0.3 is 0 Å². The van der Waals surface area contributed by atoms with Gasteiger partial charge in [-0.2, -0.15) is 5.21 Å². The maximum absolute atomic E-state index is 13.6. The summed E-state index contributed by atoms with van der Waals surface area (Å²) >= 11 is 0. The quantitative estimate of drug-likeness (QED) is 0.0982. The van der Waals surface area contributed by atoms with Crippen LogP contribution in [0.25, 0.3) is 11.4 Å². The molecule has 14 nitrogen and oxygen atoms in total. The second kappa shape index (κ2) is 14.8. The second-order valence-corrected chi connectivity index (χ2v) is 10.8. The fourth-order valence-corrected chi connectivity index (χ4v) is 4.87. The third-order valence-electron chi connectivity index (χ3n) is 7.37. The molecule has 5 N–H and O–H groups in total. The first-order valence-corrected chi connectivity index (χ1v) is 14.6. The zero-order valence-electron chi connectivity index (χ0n) is 25.3. The summed E-state index contributed by atoms with van der Waals surface area (Å²) in [6.45, 7) is 1.65. The lowest BCUT2D eigenvalue weighted by Crippen LogP contribution is -2.50. The number of aliphatic hydroxyl groups is 1. The molecule has 0 saturated heterocycles. The van der Waals surface area contributed by atoms with Crippen molar-refractivity contribution in [3.8, 4) is 11.4 Å². The molecule has 3 amide bonds. The zero-order chi connectivity index (χ0) is 34.2. The van der Waals surface area contributed by atoms with Gasteiger partial charge < -0.3 is 21.1 Å². The van der Waals surface area contributed by atoms with Crippen LogP contribution in [0.1, 0.15) is 44.8 Å². The molecule has 15 heteroatoms. The number of amides is 3. The monoisotopic (exact) mass is 652 g/mol. The molecule has 0 fully saturated rings. The SMILES string of the molecule is C[C@@H](NC(=O)c1cc(C(=O)N[C@@H](Cc2ccccc2)[C@H](O)C(=O)Nc2cccc(-c3nn[nH]n3)c2)cc([N+](=O)[O-])c1)c1ccc(F)cc1. The molecule has 3 atom stereocenters. The molecular weight excluding hydrogens is 623 g/mol. The third kappa shape index (κ3) is 8.27. The molecule has 244 valence electrons. The van der Waals surface area contributed by atoms with E-state index >= 15 is 0 Å². The predicted molar refractivity (Wildman–Crippen MR) is 171 cm³/mol. The number of hydrogen-bond donors (Lipinski definition) is 5. The van der Waals surface area contributed by atoms with E-state index in [0.29, 0.717) is 22.4 Å². The summed E-state index contributed by atoms with van der Waals surface area (Å²) < 4.78 is 13.4. The van der Waals surface area contributed by atoms with E-state index < -0.39 is 52.3 Å². The number of nitro groups is 1. The van der Waals surface area contributed by atoms with Crippen LogP contribution in [0, 0.1) is 15.9 Å². The molecule has 5 rings (SSSR count). The minimum atomic E-state index is -1.78. The Kier molecular flexibility index (Phi) is 10.2. The second-order valence-electron chi connectivity index (χ2n) is 10.8. The van der Waals surface area contributed by atoms with Gasteiger partial charge in [0.25, 0.3) is 23.4 Å². The highest BCUT2D eigenvalue weighted by atomic mass is 19.1. The summed E-state index contributed by atoms with van der Waals surface area (Å²) in [4.78, 5) is 51.0. The number of anilines is 1. The van der Waals surface area contributed by atoms with Crippen molar-refractivity contribution in [3.63, 3.8) is 0 Å². The highest BCUT2D eigenvalue weighted by Crippen LogP contribution is 2.22. The first-order valence-electron chi connectivity index (χ1n) is 14.6. The summed E-state index contributed by atoms with van der Waals surface area (Å²) in [6.07, 6.45) is -1.76. The van der Waals surface area contributed by atoms with Crippen molar-refractivity contribution >= 4 is 29.1 Å². The van der Waals surface area contributed by atoms with Crippen molar-refractivity contribution in [1.29, 1.82) is 0 Å². The number of H-pyrrole nitrogens is 1. The Labute approximate surface area is 272 Å². The van der Waals surface area contributed by atoms with Gasteiger partial charge in [0.1, 0.15) is 5.82 Å². The molecular formula is C33H29FN8O6. The minimum absolute atomic E-state index is 0.0154. The average molecular weight is 653 g/mol. The summed E-state index contributed by atoms with van der Waals surface area (Å²) in [5.41, 5.74) is 1.18. The highest BCUT2D eigenvalue weighted by molar-refractivity contribution is 6.01. The van der Waals surface area contributed by atoms with Gasteiger partial charge in [0.05, 0.1) is 17.0 Å². The number of benzene rings is 4. The van der Waals surface area contributed by atoms with Crippen LogP contribution in [0.5, 0.6) is 0 Å². The van der Waals surface area contributed by atoms with Crippen molar-refractivity contribution in [3.05, 3.63) is 135 Å². The maximum Gasteiger partial charge on any atom is 0.271 e. The van der Waals surface area contributed by atoms with E-state index in [1.54, 1.807) is 61.5 Å². The Hall–Kier alpha value is -6.35. The van der Waals surface area contributed by atoms with Crippen LogP contribution >= 0.6 is 0 Å². The normalized spacial score (nSPS) is 12.7. The number of rotatable bonds is 12.